The van der Waals surface area contributed by atoms with Crippen molar-refractivity contribution in [2.75, 3.05) is 11.5 Å². The zero-order chi connectivity index (χ0) is 9.14. The summed E-state index contributed by atoms with van der Waals surface area (Å²) in [7, 11) is 0. The van der Waals surface area contributed by atoms with E-state index in [0.29, 0.717) is 16.9 Å². The van der Waals surface area contributed by atoms with Gasteiger partial charge in [-0.05, 0) is 0 Å². The molecule has 0 spiro atoms. The van der Waals surface area contributed by atoms with Gasteiger partial charge in [-0.15, -0.1) is 0 Å². The Kier molecular flexibility index (Phi) is 2.87. The minimum atomic E-state index is -0.411. The Morgan fingerprint density at radius 2 is 1.75 bits per heavy atom. The summed E-state index contributed by atoms with van der Waals surface area (Å²) in [5.41, 5.74) is 12.2. The summed E-state index contributed by atoms with van der Waals surface area (Å²) < 4.78 is 4.55. The molecule has 0 amide bonds. The minimum absolute atomic E-state index is 0.384. The molecule has 0 heterocycles. The van der Waals surface area contributed by atoms with Crippen LogP contribution in [-0.4, -0.2) is 5.97 Å². The number of carbonyl (C=O) groups excluding carboxylic acids is 1. The van der Waals surface area contributed by atoms with Gasteiger partial charge in [0.1, 0.15) is 0 Å². The quantitative estimate of drug-likeness (QED) is 0.713. The second kappa shape index (κ2) is 3.72. The van der Waals surface area contributed by atoms with Crippen LogP contribution in [0.5, 0.6) is 0 Å². The Hall–Kier alpha value is -0.827. The van der Waals surface area contributed by atoms with Gasteiger partial charge in [0.25, 0.3) is 0 Å². The van der Waals surface area contributed by atoms with Gasteiger partial charge in [-0.25, -0.2) is 0 Å². The molecule has 0 aliphatic carbocycles. The number of benzene rings is 1. The SMILES string of the molecule is Nc1cc(N)cc(C(=O)O[At])c1. The van der Waals surface area contributed by atoms with E-state index >= 15 is 0 Å². The van der Waals surface area contributed by atoms with E-state index in [4.69, 9.17) is 11.5 Å². The fourth-order valence-electron chi connectivity index (χ4n) is 0.839. The molecular formula is C7H7AtN2O2. The Morgan fingerprint density at radius 1 is 1.25 bits per heavy atom. The summed E-state index contributed by atoms with van der Waals surface area (Å²) in [6, 6.07) is 4.63. The fraction of sp³-hybridized carbons (Fsp3) is 0. The molecule has 4 nitrogen and oxygen atoms in total. The third kappa shape index (κ3) is 2.08. The van der Waals surface area contributed by atoms with Crippen molar-refractivity contribution in [3.8, 4) is 0 Å². The number of nitrogens with two attached hydrogens (primary N) is 2. The van der Waals surface area contributed by atoms with Crippen LogP contribution in [0.1, 0.15) is 10.4 Å². The number of rotatable bonds is 1. The van der Waals surface area contributed by atoms with Crippen LogP contribution < -0.4 is 11.5 Å². The molecule has 1 rings (SSSR count). The standard InChI is InChI=1S/C7H7AtN2O2/c8-12-7(11)4-1-5(9)3-6(10)2-4/h1-3H,9-10H2. The average Bonchev–Trinajstić information content (AvgIpc) is 2.01. The molecule has 0 saturated carbocycles. The molecule has 0 saturated heterocycles. The molecule has 1 aromatic rings. The summed E-state index contributed by atoms with van der Waals surface area (Å²) in [4.78, 5) is 11.0. The van der Waals surface area contributed by atoms with Gasteiger partial charge in [-0.2, -0.15) is 0 Å². The van der Waals surface area contributed by atoms with E-state index in [1.807, 2.05) is 0 Å². The number of carbonyl (C=O) groups is 1. The van der Waals surface area contributed by atoms with Gasteiger partial charge in [-0.3, -0.25) is 0 Å². The van der Waals surface area contributed by atoms with Crippen molar-refractivity contribution in [1.82, 2.24) is 0 Å². The number of nitrogen functional groups attached to an aromatic ring is 2. The van der Waals surface area contributed by atoms with E-state index in [9.17, 15) is 4.79 Å². The van der Waals surface area contributed by atoms with Crippen molar-refractivity contribution >= 4 is 17.3 Å². The molecule has 0 bridgehead atoms. The van der Waals surface area contributed by atoms with Gasteiger partial charge in [0.2, 0.25) is 0 Å². The van der Waals surface area contributed by atoms with Crippen LogP contribution in [0.4, 0.5) is 11.4 Å². The van der Waals surface area contributed by atoms with Crippen LogP contribution in [-0.2, 0) is 2.81 Å². The summed E-state index contributed by atoms with van der Waals surface area (Å²) in [6.07, 6.45) is 0. The zero-order valence-corrected chi connectivity index (χ0v) is 9.02. The van der Waals surface area contributed by atoms with Gasteiger partial charge in [0.05, 0.1) is 0 Å². The van der Waals surface area contributed by atoms with E-state index in [1.54, 1.807) is 6.07 Å². The molecule has 0 fully saturated rings. The summed E-state index contributed by atoms with van der Waals surface area (Å²) in [6.45, 7) is 0. The van der Waals surface area contributed by atoms with Crippen LogP contribution in [0.3, 0.4) is 0 Å². The molecule has 12 heavy (non-hydrogen) atoms. The molecule has 0 aliphatic heterocycles. The van der Waals surface area contributed by atoms with Gasteiger partial charge in [0, 0.05) is 0 Å². The maximum absolute atomic E-state index is 11.0. The van der Waals surface area contributed by atoms with Crippen LogP contribution in [0, 0.1) is 25.2 Å². The van der Waals surface area contributed by atoms with Crippen LogP contribution in [0.2, 0.25) is 0 Å². The van der Waals surface area contributed by atoms with Crippen LogP contribution in [0.25, 0.3) is 0 Å². The Bertz CT molecular complexity index is 294. The number of hydrogen-bond donors (Lipinski definition) is 2. The maximum atomic E-state index is 11.0. The normalized spacial score (nSPS) is 9.42. The molecule has 0 atom stereocenters. The van der Waals surface area contributed by atoms with E-state index in [2.05, 4.69) is 2.81 Å². The molecule has 0 aliphatic rings. The summed E-state index contributed by atoms with van der Waals surface area (Å²) in [5.74, 6) is -0.411. The van der Waals surface area contributed by atoms with E-state index in [0.717, 1.165) is 25.2 Å². The van der Waals surface area contributed by atoms with E-state index in [1.165, 1.54) is 12.1 Å². The number of anilines is 2. The molecule has 0 unspecified atom stereocenters. The van der Waals surface area contributed by atoms with Crippen LogP contribution in [0.15, 0.2) is 18.2 Å². The third-order valence-electron chi connectivity index (χ3n) is 1.28. The van der Waals surface area contributed by atoms with Crippen molar-refractivity contribution in [2.24, 2.45) is 0 Å². The molecule has 5 heteroatoms. The first kappa shape index (κ1) is 9.26. The first-order valence-corrected chi connectivity index (χ1v) is 4.32. The van der Waals surface area contributed by atoms with Crippen molar-refractivity contribution in [3.05, 3.63) is 23.8 Å². The van der Waals surface area contributed by atoms with E-state index < -0.39 is 5.97 Å². The van der Waals surface area contributed by atoms with Crippen molar-refractivity contribution < 1.29 is 32.8 Å². The Morgan fingerprint density at radius 3 is 2.17 bits per heavy atom. The predicted molar refractivity (Wildman–Crippen MR) is 40.7 cm³/mol. The van der Waals surface area contributed by atoms with Crippen molar-refractivity contribution in [2.45, 2.75) is 0 Å². The molecule has 4 N–H and O–H groups in total. The fourth-order valence-corrected chi connectivity index (χ4v) is 1.19. The van der Waals surface area contributed by atoms with Crippen molar-refractivity contribution in [1.29, 1.82) is 0 Å². The second-order valence-corrected chi connectivity index (χ2v) is 2.85. The molecule has 64 valence electrons. The molecule has 0 radical (unpaired) electrons. The monoisotopic (exact) mass is 361 g/mol. The van der Waals surface area contributed by atoms with Crippen molar-refractivity contribution in [3.63, 3.8) is 0 Å². The number of hydrogen-bond acceptors (Lipinski definition) is 4. The molecular weight excluding hydrogens is 354 g/mol. The first-order valence-electron chi connectivity index (χ1n) is 3.12. The predicted octanol–water partition coefficient (Wildman–Crippen LogP) is 0.472. The average molecular weight is 361 g/mol. The van der Waals surface area contributed by atoms with Gasteiger partial charge >= 0.3 is 85.3 Å². The summed E-state index contributed by atoms with van der Waals surface area (Å²) >= 11 is 0.933. The molecule has 0 aromatic heterocycles. The zero-order valence-electron chi connectivity index (χ0n) is 6.08. The summed E-state index contributed by atoms with van der Waals surface area (Å²) in [5, 5.41) is 0. The Balaban J connectivity index is 3.08. The molecule has 1 aromatic carbocycles. The van der Waals surface area contributed by atoms with Crippen LogP contribution >= 0.6 is 0 Å². The van der Waals surface area contributed by atoms with Gasteiger partial charge in [0.15, 0.2) is 0 Å². The van der Waals surface area contributed by atoms with E-state index in [-0.39, 0.29) is 0 Å². The van der Waals surface area contributed by atoms with Gasteiger partial charge in [-0.1, -0.05) is 0 Å². The topological polar surface area (TPSA) is 78.3 Å². The first-order chi connectivity index (χ1) is 5.63. The second-order valence-electron chi connectivity index (χ2n) is 2.25. The third-order valence-corrected chi connectivity index (χ3v) is 1.83. The van der Waals surface area contributed by atoms with Gasteiger partial charge < -0.3 is 0 Å². The Labute approximate surface area is 85.3 Å².